The van der Waals surface area contributed by atoms with E-state index in [9.17, 15) is 4.79 Å². The van der Waals surface area contributed by atoms with Gasteiger partial charge in [-0.15, -0.1) is 11.8 Å². The summed E-state index contributed by atoms with van der Waals surface area (Å²) in [5.74, 6) is 0.439. The van der Waals surface area contributed by atoms with Gasteiger partial charge in [-0.2, -0.15) is 5.26 Å². The monoisotopic (exact) mass is 367 g/mol. The van der Waals surface area contributed by atoms with E-state index in [-0.39, 0.29) is 5.91 Å². The summed E-state index contributed by atoms with van der Waals surface area (Å²) in [7, 11) is 0. The maximum Gasteiger partial charge on any atom is 0.233 e. The first-order chi connectivity index (χ1) is 11.7. The molecule has 0 spiro atoms. The second kappa shape index (κ2) is 10.6. The number of nitrogens with zero attached hydrogens (tertiary/aromatic N) is 3. The molecule has 0 radical (unpaired) electrons. The Morgan fingerprint density at radius 3 is 2.67 bits per heavy atom. The second-order valence-electron chi connectivity index (χ2n) is 5.49. The molecule has 5 nitrogen and oxygen atoms in total. The maximum absolute atomic E-state index is 12.5. The first-order valence-corrected chi connectivity index (χ1v) is 9.38. The molecule has 2 rings (SSSR count). The molecule has 0 saturated carbocycles. The molecule has 1 aliphatic rings. The molecule has 1 heterocycles. The average molecular weight is 368 g/mol. The van der Waals surface area contributed by atoms with Crippen molar-refractivity contribution in [3.8, 4) is 6.07 Å². The fourth-order valence-corrected chi connectivity index (χ4v) is 3.33. The van der Waals surface area contributed by atoms with E-state index < -0.39 is 0 Å². The van der Waals surface area contributed by atoms with E-state index in [0.29, 0.717) is 30.3 Å². The van der Waals surface area contributed by atoms with Gasteiger partial charge in [0.05, 0.1) is 31.5 Å². The molecule has 1 saturated heterocycles. The van der Waals surface area contributed by atoms with E-state index in [1.165, 1.54) is 11.8 Å². The highest BCUT2D eigenvalue weighted by Crippen LogP contribution is 2.20. The Balaban J connectivity index is 1.81. The smallest absolute Gasteiger partial charge is 0.233 e. The topological polar surface area (TPSA) is 56.6 Å². The lowest BCUT2D eigenvalue weighted by Gasteiger charge is -2.29. The van der Waals surface area contributed by atoms with E-state index in [1.54, 1.807) is 4.90 Å². The third kappa shape index (κ3) is 6.70. The number of hydrogen-bond donors (Lipinski definition) is 0. The minimum Gasteiger partial charge on any atom is -0.379 e. The van der Waals surface area contributed by atoms with Gasteiger partial charge in [0.1, 0.15) is 0 Å². The average Bonchev–Trinajstić information content (AvgIpc) is 2.62. The summed E-state index contributed by atoms with van der Waals surface area (Å²) in [6.45, 7) is 5.27. The van der Waals surface area contributed by atoms with Crippen molar-refractivity contribution in [1.29, 1.82) is 5.26 Å². The van der Waals surface area contributed by atoms with Crippen LogP contribution in [-0.4, -0.2) is 67.4 Å². The van der Waals surface area contributed by atoms with Crippen LogP contribution >= 0.6 is 23.4 Å². The van der Waals surface area contributed by atoms with Crippen LogP contribution in [0.3, 0.4) is 0 Å². The van der Waals surface area contributed by atoms with Crippen molar-refractivity contribution in [2.45, 2.75) is 11.3 Å². The van der Waals surface area contributed by atoms with Crippen LogP contribution in [0.1, 0.15) is 6.42 Å². The summed E-state index contributed by atoms with van der Waals surface area (Å²) < 4.78 is 5.34. The van der Waals surface area contributed by atoms with E-state index in [0.717, 1.165) is 37.7 Å². The van der Waals surface area contributed by atoms with Crippen LogP contribution in [0.15, 0.2) is 29.2 Å². The van der Waals surface area contributed by atoms with Crippen LogP contribution in [0.25, 0.3) is 0 Å². The van der Waals surface area contributed by atoms with Gasteiger partial charge in [-0.1, -0.05) is 11.6 Å². The molecule has 24 heavy (non-hydrogen) atoms. The zero-order valence-corrected chi connectivity index (χ0v) is 15.2. The largest absolute Gasteiger partial charge is 0.379 e. The lowest BCUT2D eigenvalue weighted by atomic mass is 10.3. The fourth-order valence-electron chi connectivity index (χ4n) is 2.40. The molecule has 1 fully saturated rings. The Kier molecular flexibility index (Phi) is 8.40. The Bertz CT molecular complexity index is 556. The molecule has 1 amide bonds. The minimum atomic E-state index is 0.0680. The molecule has 0 unspecified atom stereocenters. The highest BCUT2D eigenvalue weighted by molar-refractivity contribution is 8.00. The molecular formula is C17H22ClN3O2S. The van der Waals surface area contributed by atoms with Gasteiger partial charge < -0.3 is 9.64 Å². The van der Waals surface area contributed by atoms with Crippen LogP contribution in [0.5, 0.6) is 0 Å². The van der Waals surface area contributed by atoms with Crippen LogP contribution in [0, 0.1) is 11.3 Å². The number of morpholine rings is 1. The summed E-state index contributed by atoms with van der Waals surface area (Å²) in [5.41, 5.74) is 0. The molecule has 0 N–H and O–H groups in total. The lowest BCUT2D eigenvalue weighted by Crippen LogP contribution is -2.43. The number of nitriles is 1. The number of hydrogen-bond acceptors (Lipinski definition) is 5. The predicted octanol–water partition coefficient (Wildman–Crippen LogP) is 2.51. The van der Waals surface area contributed by atoms with E-state index in [2.05, 4.69) is 11.0 Å². The predicted molar refractivity (Wildman–Crippen MR) is 96.2 cm³/mol. The maximum atomic E-state index is 12.5. The van der Waals surface area contributed by atoms with Crippen LogP contribution in [0.2, 0.25) is 5.02 Å². The third-order valence-electron chi connectivity index (χ3n) is 3.81. The molecule has 130 valence electrons. The summed E-state index contributed by atoms with van der Waals surface area (Å²) >= 11 is 7.36. The van der Waals surface area contributed by atoms with Gasteiger partial charge in [-0.05, 0) is 24.3 Å². The van der Waals surface area contributed by atoms with Gasteiger partial charge in [0, 0.05) is 42.6 Å². The molecule has 0 aliphatic carbocycles. The molecule has 1 aromatic rings. The molecule has 0 bridgehead atoms. The van der Waals surface area contributed by atoms with Crippen molar-refractivity contribution in [1.82, 2.24) is 9.80 Å². The second-order valence-corrected chi connectivity index (χ2v) is 6.97. The number of carbonyl (C=O) groups excluding carboxylic acids is 1. The molecule has 0 aromatic heterocycles. The number of thioether (sulfide) groups is 1. The SMILES string of the molecule is N#CCCN(CCN1CCOCC1)C(=O)CSc1ccc(Cl)cc1. The van der Waals surface area contributed by atoms with Crippen molar-refractivity contribution in [3.63, 3.8) is 0 Å². The number of carbonyl (C=O) groups is 1. The van der Waals surface area contributed by atoms with Crippen LogP contribution in [-0.2, 0) is 9.53 Å². The number of halogens is 1. The standard InChI is InChI=1S/C17H22ClN3O2S/c18-15-2-4-16(5-3-15)24-14-17(22)21(7-1-6-19)9-8-20-10-12-23-13-11-20/h2-5H,1,7-14H2. The Morgan fingerprint density at radius 2 is 2.00 bits per heavy atom. The molecule has 1 aromatic carbocycles. The summed E-state index contributed by atoms with van der Waals surface area (Å²) in [6.07, 6.45) is 0.362. The minimum absolute atomic E-state index is 0.0680. The molecule has 7 heteroatoms. The first-order valence-electron chi connectivity index (χ1n) is 8.02. The van der Waals surface area contributed by atoms with Crippen molar-refractivity contribution in [3.05, 3.63) is 29.3 Å². The van der Waals surface area contributed by atoms with Crippen molar-refractivity contribution >= 4 is 29.3 Å². The summed E-state index contributed by atoms with van der Waals surface area (Å²) in [5, 5.41) is 9.50. The highest BCUT2D eigenvalue weighted by atomic mass is 35.5. The van der Waals surface area contributed by atoms with E-state index in [4.69, 9.17) is 21.6 Å². The van der Waals surface area contributed by atoms with Crippen molar-refractivity contribution < 1.29 is 9.53 Å². The van der Waals surface area contributed by atoms with Gasteiger partial charge in [0.15, 0.2) is 0 Å². The van der Waals surface area contributed by atoms with Crippen LogP contribution < -0.4 is 0 Å². The fraction of sp³-hybridized carbons (Fsp3) is 0.529. The van der Waals surface area contributed by atoms with Gasteiger partial charge in [0.25, 0.3) is 0 Å². The van der Waals surface area contributed by atoms with E-state index >= 15 is 0 Å². The molecule has 1 aliphatic heterocycles. The number of benzene rings is 1. The summed E-state index contributed by atoms with van der Waals surface area (Å²) in [4.78, 5) is 17.6. The van der Waals surface area contributed by atoms with Crippen molar-refractivity contribution in [2.24, 2.45) is 0 Å². The van der Waals surface area contributed by atoms with Crippen LogP contribution in [0.4, 0.5) is 0 Å². The number of amides is 1. The molecular weight excluding hydrogens is 346 g/mol. The normalized spacial score (nSPS) is 15.0. The number of rotatable bonds is 8. The lowest BCUT2D eigenvalue weighted by molar-refractivity contribution is -0.128. The van der Waals surface area contributed by atoms with Gasteiger partial charge in [0.2, 0.25) is 5.91 Å². The quantitative estimate of drug-likeness (QED) is 0.661. The van der Waals surface area contributed by atoms with Crippen molar-refractivity contribution in [2.75, 3.05) is 51.7 Å². The highest BCUT2D eigenvalue weighted by Gasteiger charge is 2.16. The Hall–Kier alpha value is -1.26. The Labute approximate surface area is 152 Å². The Morgan fingerprint density at radius 1 is 1.29 bits per heavy atom. The third-order valence-corrected chi connectivity index (χ3v) is 5.06. The number of ether oxygens (including phenoxy) is 1. The summed E-state index contributed by atoms with van der Waals surface area (Å²) in [6, 6.07) is 9.58. The van der Waals surface area contributed by atoms with Gasteiger partial charge in [-0.25, -0.2) is 0 Å². The van der Waals surface area contributed by atoms with Gasteiger partial charge >= 0.3 is 0 Å². The zero-order chi connectivity index (χ0) is 17.2. The molecule has 0 atom stereocenters. The van der Waals surface area contributed by atoms with Gasteiger partial charge in [-0.3, -0.25) is 9.69 Å². The zero-order valence-electron chi connectivity index (χ0n) is 13.6. The van der Waals surface area contributed by atoms with E-state index in [1.807, 2.05) is 24.3 Å². The first kappa shape index (κ1) is 19.1.